The zero-order valence-electron chi connectivity index (χ0n) is 5.76. The fourth-order valence-electron chi connectivity index (χ4n) is 0.800. The van der Waals surface area contributed by atoms with Gasteiger partial charge in [0, 0.05) is 15.5 Å². The Balaban J connectivity index is 3.28. The quantitative estimate of drug-likeness (QED) is 0.671. The van der Waals surface area contributed by atoms with Gasteiger partial charge in [-0.25, -0.2) is 4.39 Å². The normalized spacial score (nSPS) is 10.1. The third kappa shape index (κ3) is 1.90. The fourth-order valence-corrected chi connectivity index (χ4v) is 1.46. The molecule has 0 aliphatic rings. The number of hydrogen-bond acceptors (Lipinski definition) is 2. The highest BCUT2D eigenvalue weighted by Crippen LogP contribution is 2.16. The largest absolute Gasteiger partial charge is 0.491 e. The summed E-state index contributed by atoms with van der Waals surface area (Å²) in [6.45, 7) is 0. The van der Waals surface area contributed by atoms with Crippen LogP contribution in [0, 0.1) is 5.82 Å². The predicted molar refractivity (Wildman–Crippen MR) is 46.2 cm³/mol. The SMILES string of the molecule is OB(O)c1c(Cl)cc(F)cc1Cl. The third-order valence-corrected chi connectivity index (χ3v) is 1.93. The molecule has 12 heavy (non-hydrogen) atoms. The minimum atomic E-state index is -1.79. The van der Waals surface area contributed by atoms with E-state index in [0.717, 1.165) is 12.1 Å². The minimum absolute atomic E-state index is 0.0836. The van der Waals surface area contributed by atoms with E-state index in [1.54, 1.807) is 0 Å². The molecule has 0 saturated heterocycles. The summed E-state index contributed by atoms with van der Waals surface area (Å²) in [6.07, 6.45) is 0. The standard InChI is InChI=1S/C6H4BCl2FO2/c8-4-1-3(10)2-5(9)6(4)7(11)12/h1-2,11-12H. The Bertz CT molecular complexity index is 283. The van der Waals surface area contributed by atoms with E-state index in [2.05, 4.69) is 0 Å². The van der Waals surface area contributed by atoms with Gasteiger partial charge in [0.15, 0.2) is 0 Å². The van der Waals surface area contributed by atoms with Gasteiger partial charge in [0.2, 0.25) is 0 Å². The second-order valence-electron chi connectivity index (χ2n) is 2.16. The predicted octanol–water partition coefficient (Wildman–Crippen LogP) is 0.812. The monoisotopic (exact) mass is 208 g/mol. The van der Waals surface area contributed by atoms with Gasteiger partial charge in [0.05, 0.1) is 0 Å². The molecule has 0 atom stereocenters. The Morgan fingerprint density at radius 1 is 1.17 bits per heavy atom. The van der Waals surface area contributed by atoms with Gasteiger partial charge in [-0.15, -0.1) is 0 Å². The van der Waals surface area contributed by atoms with Crippen molar-refractivity contribution >= 4 is 35.8 Å². The van der Waals surface area contributed by atoms with Crippen LogP contribution in [0.2, 0.25) is 10.0 Å². The molecule has 0 fully saturated rings. The van der Waals surface area contributed by atoms with Crippen LogP contribution in [0.3, 0.4) is 0 Å². The van der Waals surface area contributed by atoms with Gasteiger partial charge in [-0.1, -0.05) is 23.2 Å². The Hall–Kier alpha value is -0.285. The van der Waals surface area contributed by atoms with Gasteiger partial charge in [-0.2, -0.15) is 0 Å². The second kappa shape index (κ2) is 3.62. The molecule has 0 unspecified atom stereocenters. The smallest absolute Gasteiger partial charge is 0.423 e. The Kier molecular flexibility index (Phi) is 2.96. The van der Waals surface area contributed by atoms with Crippen LogP contribution in [0.25, 0.3) is 0 Å². The maximum absolute atomic E-state index is 12.5. The molecule has 0 aliphatic heterocycles. The zero-order valence-corrected chi connectivity index (χ0v) is 7.27. The Morgan fingerprint density at radius 2 is 1.58 bits per heavy atom. The van der Waals surface area contributed by atoms with Crippen molar-refractivity contribution in [1.29, 1.82) is 0 Å². The number of hydrogen-bond donors (Lipinski definition) is 2. The Labute approximate surface area is 78.7 Å². The lowest BCUT2D eigenvalue weighted by molar-refractivity contribution is 0.426. The van der Waals surface area contributed by atoms with E-state index in [4.69, 9.17) is 33.2 Å². The summed E-state index contributed by atoms with van der Waals surface area (Å²) >= 11 is 11.0. The average Bonchev–Trinajstić information content (AvgIpc) is 1.82. The van der Waals surface area contributed by atoms with Gasteiger partial charge in [0.1, 0.15) is 5.82 Å². The molecule has 0 aliphatic carbocycles. The van der Waals surface area contributed by atoms with Gasteiger partial charge < -0.3 is 10.0 Å². The fraction of sp³-hybridized carbons (Fsp3) is 0. The lowest BCUT2D eigenvalue weighted by Gasteiger charge is -2.04. The van der Waals surface area contributed by atoms with E-state index in [-0.39, 0.29) is 15.5 Å². The lowest BCUT2D eigenvalue weighted by atomic mass is 9.80. The molecule has 0 bridgehead atoms. The van der Waals surface area contributed by atoms with Crippen LogP contribution >= 0.6 is 23.2 Å². The van der Waals surface area contributed by atoms with Gasteiger partial charge in [-0.05, 0) is 12.1 Å². The first-order valence-electron chi connectivity index (χ1n) is 3.03. The molecule has 0 heterocycles. The van der Waals surface area contributed by atoms with Crippen LogP contribution in [0.4, 0.5) is 4.39 Å². The van der Waals surface area contributed by atoms with Crippen molar-refractivity contribution in [3.8, 4) is 0 Å². The first kappa shape index (κ1) is 9.80. The van der Waals surface area contributed by atoms with Crippen LogP contribution in [-0.4, -0.2) is 17.2 Å². The van der Waals surface area contributed by atoms with Gasteiger partial charge in [-0.3, -0.25) is 0 Å². The van der Waals surface area contributed by atoms with Crippen molar-refractivity contribution in [2.75, 3.05) is 0 Å². The van der Waals surface area contributed by atoms with Crippen molar-refractivity contribution in [3.05, 3.63) is 28.0 Å². The summed E-state index contributed by atoms with van der Waals surface area (Å²) in [6, 6.07) is 1.92. The Morgan fingerprint density at radius 3 is 1.92 bits per heavy atom. The zero-order chi connectivity index (χ0) is 9.30. The summed E-state index contributed by atoms with van der Waals surface area (Å²) in [5.41, 5.74) is -0.0836. The van der Waals surface area contributed by atoms with Crippen molar-refractivity contribution in [2.45, 2.75) is 0 Å². The van der Waals surface area contributed by atoms with E-state index in [0.29, 0.717) is 0 Å². The van der Waals surface area contributed by atoms with Crippen molar-refractivity contribution in [2.24, 2.45) is 0 Å². The van der Waals surface area contributed by atoms with Crippen molar-refractivity contribution in [3.63, 3.8) is 0 Å². The molecular weight excluding hydrogens is 205 g/mol. The van der Waals surface area contributed by atoms with Gasteiger partial charge in [0.25, 0.3) is 0 Å². The van der Waals surface area contributed by atoms with E-state index in [9.17, 15) is 4.39 Å². The summed E-state index contributed by atoms with van der Waals surface area (Å²) in [5, 5.41) is 17.3. The third-order valence-electron chi connectivity index (χ3n) is 1.30. The van der Waals surface area contributed by atoms with E-state index in [1.165, 1.54) is 0 Å². The maximum Gasteiger partial charge on any atom is 0.491 e. The van der Waals surface area contributed by atoms with Crippen molar-refractivity contribution in [1.82, 2.24) is 0 Å². The number of halogens is 3. The van der Waals surface area contributed by atoms with Crippen LogP contribution in [0.1, 0.15) is 0 Å². The first-order chi connectivity index (χ1) is 5.52. The molecule has 1 rings (SSSR count). The molecule has 0 saturated carbocycles. The summed E-state index contributed by atoms with van der Waals surface area (Å²) in [4.78, 5) is 0. The highest BCUT2D eigenvalue weighted by atomic mass is 35.5. The van der Waals surface area contributed by atoms with E-state index in [1.807, 2.05) is 0 Å². The molecular formula is C6H4BCl2FO2. The highest BCUT2D eigenvalue weighted by Gasteiger charge is 2.19. The minimum Gasteiger partial charge on any atom is -0.423 e. The van der Waals surface area contributed by atoms with Crippen LogP contribution < -0.4 is 5.46 Å². The molecule has 0 radical (unpaired) electrons. The van der Waals surface area contributed by atoms with E-state index < -0.39 is 12.9 Å². The molecule has 0 amide bonds. The van der Waals surface area contributed by atoms with E-state index >= 15 is 0 Å². The molecule has 0 spiro atoms. The second-order valence-corrected chi connectivity index (χ2v) is 2.97. The molecule has 64 valence electrons. The molecule has 2 nitrogen and oxygen atoms in total. The highest BCUT2D eigenvalue weighted by molar-refractivity contribution is 6.66. The van der Waals surface area contributed by atoms with Crippen LogP contribution in [0.15, 0.2) is 12.1 Å². The summed E-state index contributed by atoms with van der Waals surface area (Å²) in [5.74, 6) is -0.616. The van der Waals surface area contributed by atoms with Crippen LogP contribution in [-0.2, 0) is 0 Å². The number of benzene rings is 1. The number of rotatable bonds is 1. The summed E-state index contributed by atoms with van der Waals surface area (Å²) < 4.78 is 12.5. The molecule has 2 N–H and O–H groups in total. The van der Waals surface area contributed by atoms with Gasteiger partial charge >= 0.3 is 7.12 Å². The van der Waals surface area contributed by atoms with Crippen molar-refractivity contribution < 1.29 is 14.4 Å². The topological polar surface area (TPSA) is 40.5 Å². The molecule has 1 aromatic carbocycles. The molecule has 6 heteroatoms. The average molecular weight is 209 g/mol. The van der Waals surface area contributed by atoms with Crippen LogP contribution in [0.5, 0.6) is 0 Å². The maximum atomic E-state index is 12.5. The first-order valence-corrected chi connectivity index (χ1v) is 3.78. The molecule has 1 aromatic rings. The lowest BCUT2D eigenvalue weighted by Crippen LogP contribution is -2.32. The molecule has 0 aromatic heterocycles. The summed E-state index contributed by atoms with van der Waals surface area (Å²) in [7, 11) is -1.79.